The Hall–Kier alpha value is -1.58. The Kier molecular flexibility index (Phi) is 4.94. The minimum Gasteiger partial charge on any atom is -0.493 e. The van der Waals surface area contributed by atoms with Gasteiger partial charge in [-0.15, -0.1) is 0 Å². The molecule has 4 heteroatoms. The molecule has 0 aliphatic carbocycles. The zero-order chi connectivity index (χ0) is 12.8. The van der Waals surface area contributed by atoms with Crippen molar-refractivity contribution in [1.29, 1.82) is 0 Å². The van der Waals surface area contributed by atoms with Crippen LogP contribution in [0, 0.1) is 17.7 Å². The minimum atomic E-state index is -0.817. The van der Waals surface area contributed by atoms with Gasteiger partial charge in [-0.3, -0.25) is 4.79 Å². The number of carboxylic acids is 1. The van der Waals surface area contributed by atoms with Crippen molar-refractivity contribution in [2.24, 2.45) is 11.8 Å². The van der Waals surface area contributed by atoms with Crippen molar-refractivity contribution in [2.45, 2.75) is 20.3 Å². The molecule has 94 valence electrons. The highest BCUT2D eigenvalue weighted by molar-refractivity contribution is 5.70. The van der Waals surface area contributed by atoms with Crippen LogP contribution in [0.25, 0.3) is 0 Å². The van der Waals surface area contributed by atoms with Gasteiger partial charge in [0.05, 0.1) is 12.5 Å². The Morgan fingerprint density at radius 2 is 2.18 bits per heavy atom. The van der Waals surface area contributed by atoms with E-state index >= 15 is 0 Å². The molecule has 1 aromatic carbocycles. The van der Waals surface area contributed by atoms with Gasteiger partial charge in [-0.1, -0.05) is 19.9 Å². The number of hydrogen-bond acceptors (Lipinski definition) is 2. The zero-order valence-corrected chi connectivity index (χ0v) is 10.0. The van der Waals surface area contributed by atoms with Crippen molar-refractivity contribution in [3.8, 4) is 5.75 Å². The summed E-state index contributed by atoms with van der Waals surface area (Å²) in [6.07, 6.45) is 0.420. The summed E-state index contributed by atoms with van der Waals surface area (Å²) in [7, 11) is 0. The lowest BCUT2D eigenvalue weighted by molar-refractivity contribution is -0.143. The maximum absolute atomic E-state index is 12.8. The molecular formula is C13H17FO3. The quantitative estimate of drug-likeness (QED) is 0.831. The van der Waals surface area contributed by atoms with Crippen LogP contribution in [0.5, 0.6) is 5.75 Å². The van der Waals surface area contributed by atoms with Gasteiger partial charge in [0.1, 0.15) is 11.6 Å². The Bertz CT molecular complexity index is 377. The average molecular weight is 240 g/mol. The van der Waals surface area contributed by atoms with E-state index < -0.39 is 11.9 Å². The highest BCUT2D eigenvalue weighted by atomic mass is 19.1. The van der Waals surface area contributed by atoms with Crippen molar-refractivity contribution in [1.82, 2.24) is 0 Å². The molecule has 0 radical (unpaired) electrons. The summed E-state index contributed by atoms with van der Waals surface area (Å²) in [5.41, 5.74) is 0. The molecule has 1 atom stereocenters. The fourth-order valence-electron chi connectivity index (χ4n) is 1.60. The van der Waals surface area contributed by atoms with E-state index in [4.69, 9.17) is 9.84 Å². The van der Waals surface area contributed by atoms with Gasteiger partial charge in [-0.25, -0.2) is 4.39 Å². The van der Waals surface area contributed by atoms with Gasteiger partial charge in [0, 0.05) is 6.07 Å². The van der Waals surface area contributed by atoms with Crippen molar-refractivity contribution in [3.63, 3.8) is 0 Å². The summed E-state index contributed by atoms with van der Waals surface area (Å²) in [6.45, 7) is 4.00. The van der Waals surface area contributed by atoms with Crippen LogP contribution in [0.3, 0.4) is 0 Å². The molecule has 0 amide bonds. The molecular weight excluding hydrogens is 223 g/mol. The van der Waals surface area contributed by atoms with Crippen LogP contribution in [-0.4, -0.2) is 17.7 Å². The Morgan fingerprint density at radius 1 is 1.47 bits per heavy atom. The lowest BCUT2D eigenvalue weighted by Gasteiger charge is -2.16. The van der Waals surface area contributed by atoms with Crippen molar-refractivity contribution < 1.29 is 19.0 Å². The second-order valence-electron chi connectivity index (χ2n) is 4.28. The number of halogens is 1. The summed E-state index contributed by atoms with van der Waals surface area (Å²) in [6, 6.07) is 5.82. The van der Waals surface area contributed by atoms with Gasteiger partial charge >= 0.3 is 5.97 Å². The van der Waals surface area contributed by atoms with E-state index in [1.807, 2.05) is 13.8 Å². The van der Waals surface area contributed by atoms with Crippen molar-refractivity contribution in [3.05, 3.63) is 30.1 Å². The van der Waals surface area contributed by atoms with Crippen LogP contribution in [0.1, 0.15) is 20.3 Å². The normalized spacial score (nSPS) is 12.5. The third-order valence-electron chi connectivity index (χ3n) is 2.62. The summed E-state index contributed by atoms with van der Waals surface area (Å²) in [5.74, 6) is -1.12. The van der Waals surface area contributed by atoms with Crippen LogP contribution >= 0.6 is 0 Å². The van der Waals surface area contributed by atoms with Gasteiger partial charge in [0.2, 0.25) is 0 Å². The maximum atomic E-state index is 12.8. The first-order chi connectivity index (χ1) is 8.00. The van der Waals surface area contributed by atoms with Gasteiger partial charge in [-0.2, -0.15) is 0 Å². The predicted octanol–water partition coefficient (Wildman–Crippen LogP) is 2.95. The molecule has 0 bridgehead atoms. The SMILES string of the molecule is CC(C)C(CCOc1cccc(F)c1)C(=O)O. The number of aliphatic carboxylic acids is 1. The third-order valence-corrected chi connectivity index (χ3v) is 2.62. The molecule has 1 aromatic rings. The fourth-order valence-corrected chi connectivity index (χ4v) is 1.60. The zero-order valence-electron chi connectivity index (χ0n) is 10.0. The fraction of sp³-hybridized carbons (Fsp3) is 0.462. The second-order valence-corrected chi connectivity index (χ2v) is 4.28. The number of rotatable bonds is 6. The number of carboxylic acid groups (broad SMARTS) is 1. The summed E-state index contributed by atoms with van der Waals surface area (Å²) in [5, 5.41) is 8.97. The molecule has 0 aliphatic rings. The van der Waals surface area contributed by atoms with E-state index in [0.29, 0.717) is 12.2 Å². The molecule has 0 aliphatic heterocycles. The number of hydrogen-bond donors (Lipinski definition) is 1. The van der Waals surface area contributed by atoms with Crippen LogP contribution in [0.2, 0.25) is 0 Å². The van der Waals surface area contributed by atoms with E-state index in [1.54, 1.807) is 12.1 Å². The number of benzene rings is 1. The lowest BCUT2D eigenvalue weighted by Crippen LogP contribution is -2.22. The van der Waals surface area contributed by atoms with E-state index in [2.05, 4.69) is 0 Å². The van der Waals surface area contributed by atoms with Gasteiger partial charge < -0.3 is 9.84 Å². The molecule has 0 saturated heterocycles. The smallest absolute Gasteiger partial charge is 0.306 e. The molecule has 0 aromatic heterocycles. The topological polar surface area (TPSA) is 46.5 Å². The monoisotopic (exact) mass is 240 g/mol. The van der Waals surface area contributed by atoms with E-state index in [9.17, 15) is 9.18 Å². The molecule has 1 unspecified atom stereocenters. The summed E-state index contributed by atoms with van der Waals surface area (Å²) < 4.78 is 18.1. The standard InChI is InChI=1S/C13H17FO3/c1-9(2)12(13(15)16)6-7-17-11-5-3-4-10(14)8-11/h3-5,8-9,12H,6-7H2,1-2H3,(H,15,16). The van der Waals surface area contributed by atoms with E-state index in [1.165, 1.54) is 12.1 Å². The molecule has 0 heterocycles. The van der Waals surface area contributed by atoms with Crippen LogP contribution in [0.15, 0.2) is 24.3 Å². The largest absolute Gasteiger partial charge is 0.493 e. The van der Waals surface area contributed by atoms with E-state index in [-0.39, 0.29) is 18.3 Å². The Morgan fingerprint density at radius 3 is 2.71 bits per heavy atom. The maximum Gasteiger partial charge on any atom is 0.306 e. The predicted molar refractivity (Wildman–Crippen MR) is 62.5 cm³/mol. The minimum absolute atomic E-state index is 0.0589. The molecule has 0 saturated carbocycles. The summed E-state index contributed by atoms with van der Waals surface area (Å²) in [4.78, 5) is 10.9. The molecule has 0 spiro atoms. The first-order valence-electron chi connectivity index (χ1n) is 5.62. The molecule has 1 N–H and O–H groups in total. The first-order valence-corrected chi connectivity index (χ1v) is 5.62. The molecule has 0 fully saturated rings. The highest BCUT2D eigenvalue weighted by Crippen LogP contribution is 2.17. The molecule has 3 nitrogen and oxygen atoms in total. The first kappa shape index (κ1) is 13.5. The van der Waals surface area contributed by atoms with Crippen LogP contribution < -0.4 is 4.74 Å². The molecule has 1 rings (SSSR count). The van der Waals surface area contributed by atoms with Gasteiger partial charge in [-0.05, 0) is 24.5 Å². The number of ether oxygens (including phenoxy) is 1. The Balaban J connectivity index is 2.44. The average Bonchev–Trinajstić information content (AvgIpc) is 2.23. The third kappa shape index (κ3) is 4.43. The second kappa shape index (κ2) is 6.23. The number of carbonyl (C=O) groups is 1. The van der Waals surface area contributed by atoms with Crippen molar-refractivity contribution >= 4 is 5.97 Å². The Labute approximate surface area is 100 Å². The highest BCUT2D eigenvalue weighted by Gasteiger charge is 2.21. The summed E-state index contributed by atoms with van der Waals surface area (Å²) >= 11 is 0. The molecule has 17 heavy (non-hydrogen) atoms. The van der Waals surface area contributed by atoms with E-state index in [0.717, 1.165) is 0 Å². The van der Waals surface area contributed by atoms with Crippen LogP contribution in [-0.2, 0) is 4.79 Å². The van der Waals surface area contributed by atoms with Crippen molar-refractivity contribution in [2.75, 3.05) is 6.61 Å². The lowest BCUT2D eigenvalue weighted by atomic mass is 9.93. The van der Waals surface area contributed by atoms with Crippen LogP contribution in [0.4, 0.5) is 4.39 Å². The van der Waals surface area contributed by atoms with Gasteiger partial charge in [0.15, 0.2) is 0 Å². The van der Waals surface area contributed by atoms with Gasteiger partial charge in [0.25, 0.3) is 0 Å².